The SMILES string of the molecule is O=C(COc1cccc(C(F)(F)F)c1)NNC(=O)COc1ccccc1[N+](=O)[O-]. The van der Waals surface area contributed by atoms with E-state index in [9.17, 15) is 32.9 Å². The first-order valence-electron chi connectivity index (χ1n) is 7.91. The quantitative estimate of drug-likeness (QED) is 0.531. The van der Waals surface area contributed by atoms with Crippen LogP contribution in [0.2, 0.25) is 0 Å². The molecule has 0 radical (unpaired) electrons. The van der Waals surface area contributed by atoms with Crippen LogP contribution in [0.1, 0.15) is 5.56 Å². The lowest BCUT2D eigenvalue weighted by atomic mass is 10.2. The van der Waals surface area contributed by atoms with Crippen molar-refractivity contribution in [3.63, 3.8) is 0 Å². The van der Waals surface area contributed by atoms with E-state index in [4.69, 9.17) is 9.47 Å². The van der Waals surface area contributed by atoms with Crippen molar-refractivity contribution < 1.29 is 37.2 Å². The van der Waals surface area contributed by atoms with Gasteiger partial charge in [-0.25, -0.2) is 0 Å². The Hall–Kier alpha value is -3.83. The Morgan fingerprint density at radius 1 is 0.966 bits per heavy atom. The number of nitro benzene ring substituents is 1. The minimum absolute atomic E-state index is 0.133. The average molecular weight is 413 g/mol. The fourth-order valence-electron chi connectivity index (χ4n) is 2.00. The zero-order valence-electron chi connectivity index (χ0n) is 14.6. The highest BCUT2D eigenvalue weighted by Gasteiger charge is 2.30. The molecular weight excluding hydrogens is 399 g/mol. The highest BCUT2D eigenvalue weighted by molar-refractivity contribution is 5.83. The number of carbonyl (C=O) groups excluding carboxylic acids is 2. The first kappa shape index (κ1) is 21.5. The predicted molar refractivity (Wildman–Crippen MR) is 91.8 cm³/mol. The molecule has 2 aromatic rings. The minimum Gasteiger partial charge on any atom is -0.484 e. The number of nitro groups is 1. The zero-order valence-corrected chi connectivity index (χ0v) is 14.6. The van der Waals surface area contributed by atoms with Gasteiger partial charge in [0.05, 0.1) is 10.5 Å². The Bertz CT molecular complexity index is 904. The summed E-state index contributed by atoms with van der Waals surface area (Å²) in [6.45, 7) is -1.29. The van der Waals surface area contributed by atoms with Crippen LogP contribution in [0, 0.1) is 10.1 Å². The summed E-state index contributed by atoms with van der Waals surface area (Å²) in [6, 6.07) is 9.34. The van der Waals surface area contributed by atoms with Crippen LogP contribution in [-0.2, 0) is 15.8 Å². The average Bonchev–Trinajstić information content (AvgIpc) is 2.68. The topological polar surface area (TPSA) is 120 Å². The lowest BCUT2D eigenvalue weighted by Crippen LogP contribution is -2.45. The third-order valence-electron chi connectivity index (χ3n) is 3.29. The third-order valence-corrected chi connectivity index (χ3v) is 3.29. The van der Waals surface area contributed by atoms with Gasteiger partial charge in [0.15, 0.2) is 19.0 Å². The number of alkyl halides is 3. The maximum absolute atomic E-state index is 12.6. The van der Waals surface area contributed by atoms with Gasteiger partial charge in [-0.05, 0) is 24.3 Å². The fraction of sp³-hybridized carbons (Fsp3) is 0.176. The second-order valence-corrected chi connectivity index (χ2v) is 5.42. The summed E-state index contributed by atoms with van der Waals surface area (Å²) in [5.74, 6) is -1.98. The van der Waals surface area contributed by atoms with Gasteiger partial charge in [0.1, 0.15) is 5.75 Å². The molecule has 9 nitrogen and oxygen atoms in total. The molecule has 0 spiro atoms. The number of halogens is 3. The smallest absolute Gasteiger partial charge is 0.416 e. The molecule has 0 atom stereocenters. The first-order valence-corrected chi connectivity index (χ1v) is 7.91. The van der Waals surface area contributed by atoms with E-state index >= 15 is 0 Å². The predicted octanol–water partition coefficient (Wildman–Crippen LogP) is 2.22. The van der Waals surface area contributed by atoms with Gasteiger partial charge in [0, 0.05) is 6.07 Å². The van der Waals surface area contributed by atoms with Gasteiger partial charge in [0.2, 0.25) is 0 Å². The fourth-order valence-corrected chi connectivity index (χ4v) is 2.00. The molecule has 2 N–H and O–H groups in total. The van der Waals surface area contributed by atoms with Crippen LogP contribution >= 0.6 is 0 Å². The standard InChI is InChI=1S/C17H14F3N3O6/c18-17(19,20)11-4-3-5-12(8-11)28-9-15(24)21-22-16(25)10-29-14-7-2-1-6-13(14)23(26)27/h1-8H,9-10H2,(H,21,24)(H,22,25). The van der Waals surface area contributed by atoms with E-state index < -0.39 is 41.7 Å². The van der Waals surface area contributed by atoms with Crippen LogP contribution in [0.4, 0.5) is 18.9 Å². The summed E-state index contributed by atoms with van der Waals surface area (Å²) in [5.41, 5.74) is 2.68. The highest BCUT2D eigenvalue weighted by Crippen LogP contribution is 2.31. The summed E-state index contributed by atoms with van der Waals surface area (Å²) in [7, 11) is 0. The third kappa shape index (κ3) is 6.68. The second kappa shape index (κ2) is 9.39. The van der Waals surface area contributed by atoms with E-state index in [-0.39, 0.29) is 17.2 Å². The van der Waals surface area contributed by atoms with Crippen molar-refractivity contribution in [1.29, 1.82) is 0 Å². The number of carbonyl (C=O) groups is 2. The molecule has 0 unspecified atom stereocenters. The molecule has 0 fully saturated rings. The van der Waals surface area contributed by atoms with Crippen molar-refractivity contribution in [3.05, 3.63) is 64.2 Å². The Morgan fingerprint density at radius 2 is 1.59 bits per heavy atom. The molecule has 0 saturated heterocycles. The van der Waals surface area contributed by atoms with Crippen molar-refractivity contribution in [1.82, 2.24) is 10.9 Å². The number of nitrogens with one attached hydrogen (secondary N) is 2. The molecule has 0 bridgehead atoms. The first-order chi connectivity index (χ1) is 13.7. The van der Waals surface area contributed by atoms with Gasteiger partial charge in [-0.3, -0.25) is 30.6 Å². The second-order valence-electron chi connectivity index (χ2n) is 5.42. The van der Waals surface area contributed by atoms with Crippen LogP contribution in [-0.4, -0.2) is 30.0 Å². The molecule has 154 valence electrons. The van der Waals surface area contributed by atoms with Gasteiger partial charge in [-0.15, -0.1) is 0 Å². The largest absolute Gasteiger partial charge is 0.484 e. The summed E-state index contributed by atoms with van der Waals surface area (Å²) < 4.78 is 47.8. The summed E-state index contributed by atoms with van der Waals surface area (Å²) in [4.78, 5) is 33.4. The van der Waals surface area contributed by atoms with Crippen LogP contribution in [0.25, 0.3) is 0 Å². The Balaban J connectivity index is 1.77. The molecular formula is C17H14F3N3O6. The van der Waals surface area contributed by atoms with E-state index in [2.05, 4.69) is 0 Å². The number of amides is 2. The Morgan fingerprint density at radius 3 is 2.21 bits per heavy atom. The van der Waals surface area contributed by atoms with E-state index in [1.807, 2.05) is 10.9 Å². The highest BCUT2D eigenvalue weighted by atomic mass is 19.4. The van der Waals surface area contributed by atoms with Crippen molar-refractivity contribution >= 4 is 17.5 Å². The van der Waals surface area contributed by atoms with E-state index in [1.165, 1.54) is 30.3 Å². The van der Waals surface area contributed by atoms with E-state index in [1.54, 1.807) is 0 Å². The monoisotopic (exact) mass is 413 g/mol. The minimum atomic E-state index is -4.55. The van der Waals surface area contributed by atoms with Gasteiger partial charge >= 0.3 is 11.9 Å². The number of nitrogens with zero attached hydrogens (tertiary/aromatic N) is 1. The van der Waals surface area contributed by atoms with Crippen LogP contribution in [0.15, 0.2) is 48.5 Å². The summed E-state index contributed by atoms with van der Waals surface area (Å²) >= 11 is 0. The van der Waals surface area contributed by atoms with Crippen LogP contribution < -0.4 is 20.3 Å². The number of hydrazine groups is 1. The molecule has 12 heteroatoms. The molecule has 2 aromatic carbocycles. The maximum atomic E-state index is 12.6. The van der Waals surface area contributed by atoms with E-state index in [0.29, 0.717) is 0 Å². The molecule has 2 amide bonds. The number of benzene rings is 2. The van der Waals surface area contributed by atoms with E-state index in [0.717, 1.165) is 18.2 Å². The number of para-hydroxylation sites is 2. The van der Waals surface area contributed by atoms with Crippen LogP contribution in [0.3, 0.4) is 0 Å². The lowest BCUT2D eigenvalue weighted by molar-refractivity contribution is -0.385. The molecule has 29 heavy (non-hydrogen) atoms. The zero-order chi connectivity index (χ0) is 21.4. The van der Waals surface area contributed by atoms with Crippen LogP contribution in [0.5, 0.6) is 11.5 Å². The molecule has 0 aromatic heterocycles. The van der Waals surface area contributed by atoms with Crippen molar-refractivity contribution in [3.8, 4) is 11.5 Å². The maximum Gasteiger partial charge on any atom is 0.416 e. The molecule has 0 aliphatic heterocycles. The number of ether oxygens (including phenoxy) is 2. The summed E-state index contributed by atoms with van der Waals surface area (Å²) in [6.07, 6.45) is -4.55. The lowest BCUT2D eigenvalue weighted by Gasteiger charge is -2.11. The number of rotatable bonds is 7. The molecule has 0 aliphatic carbocycles. The Kier molecular flexibility index (Phi) is 6.95. The van der Waals surface area contributed by atoms with Crippen molar-refractivity contribution in [2.45, 2.75) is 6.18 Å². The number of hydrogen-bond donors (Lipinski definition) is 2. The Labute approximate surface area is 161 Å². The van der Waals surface area contributed by atoms with Gasteiger partial charge in [-0.2, -0.15) is 13.2 Å². The van der Waals surface area contributed by atoms with Gasteiger partial charge in [0.25, 0.3) is 11.8 Å². The molecule has 0 heterocycles. The normalized spacial score (nSPS) is 10.7. The molecule has 2 rings (SSSR count). The summed E-state index contributed by atoms with van der Waals surface area (Å²) in [5, 5.41) is 10.8. The van der Waals surface area contributed by atoms with Gasteiger partial charge < -0.3 is 9.47 Å². The van der Waals surface area contributed by atoms with Gasteiger partial charge in [-0.1, -0.05) is 18.2 Å². The molecule has 0 saturated carbocycles. The van der Waals surface area contributed by atoms with Crippen molar-refractivity contribution in [2.75, 3.05) is 13.2 Å². The molecule has 0 aliphatic rings. The number of hydrogen-bond acceptors (Lipinski definition) is 6. The van der Waals surface area contributed by atoms with Crippen molar-refractivity contribution in [2.24, 2.45) is 0 Å².